The fourth-order valence-corrected chi connectivity index (χ4v) is 2.91. The standard InChI is InChI=1S/C15H12BrCl2N3OS/c1-8-4-10(16)2-3-13(8)20-15(23)21-19-7-9-5-11(17)6-12(18)14(9)22/h2-7,22H,1H3,(H2,20,21,23)/b19-7+. The molecule has 120 valence electrons. The molecule has 0 aromatic heterocycles. The molecule has 0 amide bonds. The lowest BCUT2D eigenvalue weighted by Crippen LogP contribution is -2.24. The molecule has 4 nitrogen and oxygen atoms in total. The molecule has 23 heavy (non-hydrogen) atoms. The van der Waals surface area contributed by atoms with E-state index in [1.165, 1.54) is 12.3 Å². The minimum atomic E-state index is -0.0933. The molecular formula is C15H12BrCl2N3OS. The van der Waals surface area contributed by atoms with Gasteiger partial charge in [0, 0.05) is 20.7 Å². The first-order chi connectivity index (χ1) is 10.9. The Morgan fingerprint density at radius 2 is 2.04 bits per heavy atom. The van der Waals surface area contributed by atoms with Gasteiger partial charge < -0.3 is 10.4 Å². The molecule has 0 aliphatic heterocycles. The van der Waals surface area contributed by atoms with Crippen LogP contribution in [-0.2, 0) is 0 Å². The number of aromatic hydroxyl groups is 1. The van der Waals surface area contributed by atoms with Gasteiger partial charge in [-0.1, -0.05) is 39.1 Å². The fourth-order valence-electron chi connectivity index (χ4n) is 1.76. The Labute approximate surface area is 157 Å². The van der Waals surface area contributed by atoms with Gasteiger partial charge in [0.1, 0.15) is 5.75 Å². The van der Waals surface area contributed by atoms with E-state index in [-0.39, 0.29) is 10.8 Å². The van der Waals surface area contributed by atoms with Gasteiger partial charge in [0.25, 0.3) is 0 Å². The number of hydrogen-bond acceptors (Lipinski definition) is 3. The van der Waals surface area contributed by atoms with E-state index in [0.717, 1.165) is 15.7 Å². The quantitative estimate of drug-likeness (QED) is 0.359. The van der Waals surface area contributed by atoms with Crippen molar-refractivity contribution in [1.29, 1.82) is 0 Å². The lowest BCUT2D eigenvalue weighted by atomic mass is 10.2. The average molecular weight is 433 g/mol. The molecule has 3 N–H and O–H groups in total. The first kappa shape index (κ1) is 18.0. The number of nitrogens with one attached hydrogen (secondary N) is 2. The molecule has 0 aliphatic carbocycles. The van der Waals surface area contributed by atoms with Gasteiger partial charge in [0.15, 0.2) is 5.11 Å². The van der Waals surface area contributed by atoms with Gasteiger partial charge in [0.05, 0.1) is 11.2 Å². The Balaban J connectivity index is 2.02. The van der Waals surface area contributed by atoms with Crippen LogP contribution in [0.3, 0.4) is 0 Å². The normalized spacial score (nSPS) is 10.8. The van der Waals surface area contributed by atoms with Crippen LogP contribution in [0.4, 0.5) is 5.69 Å². The van der Waals surface area contributed by atoms with Gasteiger partial charge in [0.2, 0.25) is 0 Å². The second-order valence-corrected chi connectivity index (χ2v) is 6.78. The Morgan fingerprint density at radius 3 is 2.74 bits per heavy atom. The van der Waals surface area contributed by atoms with Crippen molar-refractivity contribution in [2.75, 3.05) is 5.32 Å². The zero-order chi connectivity index (χ0) is 17.0. The molecule has 0 bridgehead atoms. The summed E-state index contributed by atoms with van der Waals surface area (Å²) in [5, 5.41) is 17.7. The number of benzene rings is 2. The molecular weight excluding hydrogens is 421 g/mol. The number of aryl methyl sites for hydroxylation is 1. The van der Waals surface area contributed by atoms with Crippen LogP contribution >= 0.6 is 51.3 Å². The molecule has 2 rings (SSSR count). The van der Waals surface area contributed by atoms with Gasteiger partial charge in [-0.05, 0) is 55.0 Å². The Hall–Kier alpha value is -1.34. The summed E-state index contributed by atoms with van der Waals surface area (Å²) in [7, 11) is 0. The number of thiocarbonyl (C=S) groups is 1. The van der Waals surface area contributed by atoms with E-state index >= 15 is 0 Å². The molecule has 0 fully saturated rings. The molecule has 0 spiro atoms. The highest BCUT2D eigenvalue weighted by Gasteiger charge is 2.06. The minimum absolute atomic E-state index is 0.0933. The SMILES string of the molecule is Cc1cc(Br)ccc1NC(=S)N/N=C/c1cc(Cl)cc(Cl)c1O. The van der Waals surface area contributed by atoms with E-state index in [1.54, 1.807) is 6.07 Å². The second kappa shape index (κ2) is 7.97. The Bertz CT molecular complexity index is 784. The lowest BCUT2D eigenvalue weighted by Gasteiger charge is -2.10. The summed E-state index contributed by atoms with van der Waals surface area (Å²) in [6, 6.07) is 8.78. The third-order valence-electron chi connectivity index (χ3n) is 2.86. The zero-order valence-electron chi connectivity index (χ0n) is 11.9. The summed E-state index contributed by atoms with van der Waals surface area (Å²) >= 11 is 20.3. The third kappa shape index (κ3) is 5.07. The molecule has 0 saturated carbocycles. The summed E-state index contributed by atoms with van der Waals surface area (Å²) in [4.78, 5) is 0. The van der Waals surface area contributed by atoms with Crippen LogP contribution in [0.1, 0.15) is 11.1 Å². The van der Waals surface area contributed by atoms with Crippen LogP contribution in [0.15, 0.2) is 39.9 Å². The Kier molecular flexibility index (Phi) is 6.24. The summed E-state index contributed by atoms with van der Waals surface area (Å²) in [6.45, 7) is 1.96. The highest BCUT2D eigenvalue weighted by Crippen LogP contribution is 2.29. The van der Waals surface area contributed by atoms with Crippen molar-refractivity contribution in [2.24, 2.45) is 5.10 Å². The number of phenolic OH excluding ortho intramolecular Hbond substituents is 1. The van der Waals surface area contributed by atoms with E-state index in [0.29, 0.717) is 15.7 Å². The van der Waals surface area contributed by atoms with E-state index in [9.17, 15) is 5.11 Å². The average Bonchev–Trinajstić information content (AvgIpc) is 2.47. The van der Waals surface area contributed by atoms with Crippen LogP contribution in [-0.4, -0.2) is 16.4 Å². The highest BCUT2D eigenvalue weighted by molar-refractivity contribution is 9.10. The van der Waals surface area contributed by atoms with Crippen molar-refractivity contribution < 1.29 is 5.11 Å². The molecule has 0 aliphatic rings. The minimum Gasteiger partial charge on any atom is -0.506 e. The zero-order valence-corrected chi connectivity index (χ0v) is 15.8. The van der Waals surface area contributed by atoms with Crippen LogP contribution in [0.25, 0.3) is 0 Å². The van der Waals surface area contributed by atoms with Gasteiger partial charge >= 0.3 is 0 Å². The maximum Gasteiger partial charge on any atom is 0.191 e. The number of halogens is 3. The van der Waals surface area contributed by atoms with E-state index in [4.69, 9.17) is 35.4 Å². The number of anilines is 1. The number of nitrogens with zero attached hydrogens (tertiary/aromatic N) is 1. The van der Waals surface area contributed by atoms with Crippen molar-refractivity contribution in [3.05, 3.63) is 56.0 Å². The van der Waals surface area contributed by atoms with E-state index in [2.05, 4.69) is 31.8 Å². The summed E-state index contributed by atoms with van der Waals surface area (Å²) in [5.74, 6) is -0.0933. The van der Waals surface area contributed by atoms with Crippen molar-refractivity contribution in [3.63, 3.8) is 0 Å². The summed E-state index contributed by atoms with van der Waals surface area (Å²) in [5.41, 5.74) is 4.96. The van der Waals surface area contributed by atoms with Gasteiger partial charge in [-0.3, -0.25) is 5.43 Å². The fraction of sp³-hybridized carbons (Fsp3) is 0.0667. The van der Waals surface area contributed by atoms with Crippen LogP contribution in [0.2, 0.25) is 10.0 Å². The third-order valence-corrected chi connectivity index (χ3v) is 4.06. The number of phenols is 1. The maximum atomic E-state index is 9.82. The first-order valence-corrected chi connectivity index (χ1v) is 8.37. The molecule has 0 heterocycles. The summed E-state index contributed by atoms with van der Waals surface area (Å²) in [6.07, 6.45) is 1.38. The highest BCUT2D eigenvalue weighted by atomic mass is 79.9. The summed E-state index contributed by atoms with van der Waals surface area (Å²) < 4.78 is 0.991. The van der Waals surface area contributed by atoms with Gasteiger partial charge in [-0.2, -0.15) is 5.10 Å². The van der Waals surface area contributed by atoms with Crippen molar-refractivity contribution in [3.8, 4) is 5.75 Å². The predicted molar refractivity (Wildman–Crippen MR) is 104 cm³/mol. The number of hydrazone groups is 1. The molecule has 2 aromatic carbocycles. The lowest BCUT2D eigenvalue weighted by molar-refractivity contribution is 0.474. The van der Waals surface area contributed by atoms with Gasteiger partial charge in [-0.15, -0.1) is 0 Å². The number of rotatable bonds is 3. The second-order valence-electron chi connectivity index (χ2n) is 4.61. The largest absolute Gasteiger partial charge is 0.506 e. The van der Waals surface area contributed by atoms with Gasteiger partial charge in [-0.25, -0.2) is 0 Å². The van der Waals surface area contributed by atoms with Crippen LogP contribution < -0.4 is 10.7 Å². The molecule has 0 saturated heterocycles. The van der Waals surface area contributed by atoms with Crippen LogP contribution in [0.5, 0.6) is 5.75 Å². The molecule has 0 atom stereocenters. The van der Waals surface area contributed by atoms with Crippen molar-refractivity contribution in [2.45, 2.75) is 6.92 Å². The first-order valence-electron chi connectivity index (χ1n) is 6.41. The molecule has 8 heteroatoms. The monoisotopic (exact) mass is 431 g/mol. The Morgan fingerprint density at radius 1 is 1.30 bits per heavy atom. The molecule has 0 unspecified atom stereocenters. The smallest absolute Gasteiger partial charge is 0.191 e. The van der Waals surface area contributed by atoms with Crippen molar-refractivity contribution >= 4 is 68.4 Å². The van der Waals surface area contributed by atoms with Crippen LogP contribution in [0, 0.1) is 6.92 Å². The van der Waals surface area contributed by atoms with Crippen molar-refractivity contribution in [1.82, 2.24) is 5.43 Å². The topological polar surface area (TPSA) is 56.7 Å². The number of hydrogen-bond donors (Lipinski definition) is 3. The van der Waals surface area contributed by atoms with E-state index in [1.807, 2.05) is 25.1 Å². The molecule has 2 aromatic rings. The maximum absolute atomic E-state index is 9.82. The predicted octanol–water partition coefficient (Wildman–Crippen LogP) is 5.09. The molecule has 0 radical (unpaired) electrons. The van der Waals surface area contributed by atoms with E-state index < -0.39 is 0 Å².